The molecule has 0 heterocycles. The second-order valence-corrected chi connectivity index (χ2v) is 5.42. The van der Waals surface area contributed by atoms with Gasteiger partial charge in [-0.3, -0.25) is 14.9 Å². The third kappa shape index (κ3) is 5.33. The minimum Gasteiger partial charge on any atom is -0.493 e. The van der Waals surface area contributed by atoms with Crippen LogP contribution < -0.4 is 14.8 Å². The van der Waals surface area contributed by atoms with Gasteiger partial charge in [-0.15, -0.1) is 0 Å². The minimum atomic E-state index is -1.10. The molecule has 0 radical (unpaired) electrons. The third-order valence-corrected chi connectivity index (χ3v) is 3.08. The number of esters is 1. The first-order valence-electron chi connectivity index (χ1n) is 7.71. The van der Waals surface area contributed by atoms with Gasteiger partial charge in [-0.1, -0.05) is 0 Å². The molecule has 1 N–H and O–H groups in total. The van der Waals surface area contributed by atoms with E-state index in [1.54, 1.807) is 20.8 Å². The van der Waals surface area contributed by atoms with E-state index in [9.17, 15) is 19.7 Å². The minimum absolute atomic E-state index is 0.131. The Kier molecular flexibility index (Phi) is 7.16. The molecule has 9 heteroatoms. The second-order valence-electron chi connectivity index (χ2n) is 5.42. The quantitative estimate of drug-likeness (QED) is 0.431. The summed E-state index contributed by atoms with van der Waals surface area (Å²) in [5, 5.41) is 13.9. The molecule has 138 valence electrons. The molecule has 0 saturated carbocycles. The Hall–Kier alpha value is -2.84. The number of nitro benzene ring substituents is 1. The van der Waals surface area contributed by atoms with Crippen LogP contribution in [0.15, 0.2) is 12.1 Å². The highest BCUT2D eigenvalue weighted by Crippen LogP contribution is 2.35. The molecule has 0 unspecified atom stereocenters. The first-order valence-corrected chi connectivity index (χ1v) is 7.71. The number of hydrogen-bond donors (Lipinski definition) is 1. The van der Waals surface area contributed by atoms with Gasteiger partial charge in [-0.25, -0.2) is 4.79 Å². The third-order valence-electron chi connectivity index (χ3n) is 3.08. The normalized spacial score (nSPS) is 11.6. The van der Waals surface area contributed by atoms with Gasteiger partial charge in [0.2, 0.25) is 0 Å². The van der Waals surface area contributed by atoms with Gasteiger partial charge >= 0.3 is 5.97 Å². The first-order chi connectivity index (χ1) is 11.7. The fourth-order valence-electron chi connectivity index (χ4n) is 1.97. The number of amides is 1. The molecule has 1 aromatic rings. The summed E-state index contributed by atoms with van der Waals surface area (Å²) in [6, 6.07) is 2.13. The highest BCUT2D eigenvalue weighted by molar-refractivity contribution is 5.96. The Morgan fingerprint density at radius 1 is 1.24 bits per heavy atom. The van der Waals surface area contributed by atoms with Gasteiger partial charge in [-0.05, 0) is 27.7 Å². The lowest BCUT2D eigenvalue weighted by Crippen LogP contribution is -2.39. The van der Waals surface area contributed by atoms with Gasteiger partial charge in [0.05, 0.1) is 24.7 Å². The summed E-state index contributed by atoms with van der Waals surface area (Å²) in [6.45, 7) is 6.88. The zero-order chi connectivity index (χ0) is 19.1. The maximum absolute atomic E-state index is 12.3. The van der Waals surface area contributed by atoms with Crippen LogP contribution in [0.1, 0.15) is 38.1 Å². The number of hydrogen-bond acceptors (Lipinski definition) is 7. The van der Waals surface area contributed by atoms with Gasteiger partial charge in [-0.2, -0.15) is 0 Å². The molecular weight excluding hydrogens is 332 g/mol. The zero-order valence-corrected chi connectivity index (χ0v) is 14.8. The number of carbonyl (C=O) groups excluding carboxylic acids is 2. The van der Waals surface area contributed by atoms with Crippen molar-refractivity contribution in [3.8, 4) is 11.5 Å². The highest BCUT2D eigenvalue weighted by Gasteiger charge is 2.28. The molecule has 0 aliphatic carbocycles. The molecule has 9 nitrogen and oxygen atoms in total. The molecule has 0 bridgehead atoms. The average molecular weight is 354 g/mol. The predicted octanol–water partition coefficient (Wildman–Crippen LogP) is 2.07. The van der Waals surface area contributed by atoms with E-state index in [2.05, 4.69) is 5.32 Å². The summed E-state index contributed by atoms with van der Waals surface area (Å²) in [7, 11) is 1.34. The van der Waals surface area contributed by atoms with E-state index in [1.165, 1.54) is 20.1 Å². The molecule has 0 fully saturated rings. The molecule has 0 spiro atoms. The Labute approximate surface area is 145 Å². The van der Waals surface area contributed by atoms with Crippen molar-refractivity contribution in [2.75, 3.05) is 13.7 Å². The van der Waals surface area contributed by atoms with Crippen molar-refractivity contribution in [2.24, 2.45) is 0 Å². The van der Waals surface area contributed by atoms with E-state index in [0.29, 0.717) is 0 Å². The summed E-state index contributed by atoms with van der Waals surface area (Å²) < 4.78 is 15.4. The highest BCUT2D eigenvalue weighted by atomic mass is 16.6. The molecule has 0 aromatic heterocycles. The Morgan fingerprint density at radius 3 is 2.36 bits per heavy atom. The van der Waals surface area contributed by atoms with E-state index in [1.807, 2.05) is 0 Å². The Morgan fingerprint density at radius 2 is 1.88 bits per heavy atom. The van der Waals surface area contributed by atoms with Crippen molar-refractivity contribution in [1.29, 1.82) is 0 Å². The van der Waals surface area contributed by atoms with Crippen molar-refractivity contribution >= 4 is 17.6 Å². The molecule has 0 aliphatic rings. The van der Waals surface area contributed by atoms with E-state index in [4.69, 9.17) is 14.2 Å². The van der Waals surface area contributed by atoms with Crippen LogP contribution in [0.5, 0.6) is 11.5 Å². The summed E-state index contributed by atoms with van der Waals surface area (Å²) in [5.74, 6) is -1.21. The van der Waals surface area contributed by atoms with E-state index < -0.39 is 28.6 Å². The maximum Gasteiger partial charge on any atom is 0.346 e. The predicted molar refractivity (Wildman–Crippen MR) is 89.0 cm³/mol. The number of nitrogens with one attached hydrogen (secondary N) is 1. The van der Waals surface area contributed by atoms with Gasteiger partial charge in [0.1, 0.15) is 5.56 Å². The van der Waals surface area contributed by atoms with Crippen LogP contribution in [0.25, 0.3) is 0 Å². The number of carbonyl (C=O) groups is 2. The van der Waals surface area contributed by atoms with Gasteiger partial charge in [0, 0.05) is 12.1 Å². The fraction of sp³-hybridized carbons (Fsp3) is 0.500. The van der Waals surface area contributed by atoms with Crippen molar-refractivity contribution in [2.45, 2.75) is 39.8 Å². The lowest BCUT2D eigenvalue weighted by molar-refractivity contribution is -0.385. The van der Waals surface area contributed by atoms with Crippen molar-refractivity contribution in [3.05, 3.63) is 27.8 Å². The molecule has 0 aliphatic heterocycles. The van der Waals surface area contributed by atoms with Crippen LogP contribution in [0.2, 0.25) is 0 Å². The van der Waals surface area contributed by atoms with Crippen molar-refractivity contribution in [3.63, 3.8) is 0 Å². The topological polar surface area (TPSA) is 117 Å². The fourth-order valence-corrected chi connectivity index (χ4v) is 1.97. The van der Waals surface area contributed by atoms with Crippen LogP contribution in [0.4, 0.5) is 5.69 Å². The monoisotopic (exact) mass is 354 g/mol. The van der Waals surface area contributed by atoms with E-state index in [0.717, 1.165) is 6.07 Å². The van der Waals surface area contributed by atoms with Crippen LogP contribution in [-0.2, 0) is 9.53 Å². The number of benzene rings is 1. The average Bonchev–Trinajstić information content (AvgIpc) is 2.53. The SMILES string of the molecule is CCOc1cc([N+](=O)[O-])c(C(=O)O[C@@H](C)C(=O)NC(C)C)cc1OC. The molecule has 1 amide bonds. The van der Waals surface area contributed by atoms with Gasteiger partial charge in [0.15, 0.2) is 17.6 Å². The first kappa shape index (κ1) is 20.2. The Bertz CT molecular complexity index is 658. The number of nitrogens with zero attached hydrogens (tertiary/aromatic N) is 1. The number of nitro groups is 1. The number of rotatable bonds is 8. The molecule has 0 saturated heterocycles. The smallest absolute Gasteiger partial charge is 0.346 e. The van der Waals surface area contributed by atoms with Crippen LogP contribution in [-0.4, -0.2) is 42.7 Å². The summed E-state index contributed by atoms with van der Waals surface area (Å²) >= 11 is 0. The lowest BCUT2D eigenvalue weighted by Gasteiger charge is -2.16. The van der Waals surface area contributed by atoms with Crippen molar-refractivity contribution in [1.82, 2.24) is 5.32 Å². The van der Waals surface area contributed by atoms with E-state index >= 15 is 0 Å². The molecule has 1 atom stereocenters. The van der Waals surface area contributed by atoms with Gasteiger partial charge in [0.25, 0.3) is 11.6 Å². The number of methoxy groups -OCH3 is 1. The van der Waals surface area contributed by atoms with Crippen LogP contribution in [0, 0.1) is 10.1 Å². The largest absolute Gasteiger partial charge is 0.493 e. The zero-order valence-electron chi connectivity index (χ0n) is 14.8. The van der Waals surface area contributed by atoms with Crippen molar-refractivity contribution < 1.29 is 28.7 Å². The number of ether oxygens (including phenoxy) is 3. The lowest BCUT2D eigenvalue weighted by atomic mass is 10.1. The molecule has 1 aromatic carbocycles. The second kappa shape index (κ2) is 8.86. The molecule has 25 heavy (non-hydrogen) atoms. The molecule has 1 rings (SSSR count). The van der Waals surface area contributed by atoms with Crippen LogP contribution in [0.3, 0.4) is 0 Å². The maximum atomic E-state index is 12.3. The molecular formula is C16H22N2O7. The van der Waals surface area contributed by atoms with Gasteiger partial charge < -0.3 is 19.5 Å². The summed E-state index contributed by atoms with van der Waals surface area (Å²) in [6.07, 6.45) is -1.10. The Balaban J connectivity index is 3.15. The summed E-state index contributed by atoms with van der Waals surface area (Å²) in [5.41, 5.74) is -0.819. The van der Waals surface area contributed by atoms with E-state index in [-0.39, 0.29) is 29.7 Å². The van der Waals surface area contributed by atoms with Crippen LogP contribution >= 0.6 is 0 Å². The summed E-state index contributed by atoms with van der Waals surface area (Å²) in [4.78, 5) is 34.7. The standard InChI is InChI=1S/C16H22N2O7/c1-6-24-14-8-12(18(21)22)11(7-13(14)23-5)16(20)25-10(4)15(19)17-9(2)3/h7-10H,6H2,1-5H3,(H,17,19)/t10-/m0/s1.